The monoisotopic (exact) mass is 424 g/mol. The first-order chi connectivity index (χ1) is 9.06. The summed E-state index contributed by atoms with van der Waals surface area (Å²) >= 11 is 0. The largest absolute Gasteiger partial charge is 0.406 e. The zero-order valence-electron chi connectivity index (χ0n) is 12.9. The van der Waals surface area contributed by atoms with Crippen molar-refractivity contribution in [2.24, 2.45) is 10.9 Å². The highest BCUT2D eigenvalue weighted by Crippen LogP contribution is 2.15. The van der Waals surface area contributed by atoms with Crippen molar-refractivity contribution in [1.29, 1.82) is 0 Å². The standard InChI is InChI=1S/C12H23F3N4O.HI/c1-8(2)9(3)18-11(16-4)17-6-10(20)19(5)7-12(13,14)15;/h8-9H,6-7H2,1-5H3,(H2,16,17,18);1H. The van der Waals surface area contributed by atoms with Crippen LogP contribution >= 0.6 is 24.0 Å². The minimum absolute atomic E-state index is 0. The van der Waals surface area contributed by atoms with E-state index >= 15 is 0 Å². The average Bonchev–Trinajstić information content (AvgIpc) is 2.31. The summed E-state index contributed by atoms with van der Waals surface area (Å²) in [7, 11) is 2.65. The van der Waals surface area contributed by atoms with Crippen LogP contribution in [0.3, 0.4) is 0 Å². The van der Waals surface area contributed by atoms with Gasteiger partial charge in [-0.05, 0) is 12.8 Å². The molecule has 0 aromatic carbocycles. The van der Waals surface area contributed by atoms with Gasteiger partial charge >= 0.3 is 6.18 Å². The number of likely N-dealkylation sites (N-methyl/N-ethyl adjacent to an activating group) is 1. The van der Waals surface area contributed by atoms with Crippen LogP contribution in [0.1, 0.15) is 20.8 Å². The second-order valence-electron chi connectivity index (χ2n) is 4.97. The van der Waals surface area contributed by atoms with E-state index < -0.39 is 18.6 Å². The van der Waals surface area contributed by atoms with Crippen molar-refractivity contribution in [3.63, 3.8) is 0 Å². The van der Waals surface area contributed by atoms with Gasteiger partial charge in [-0.2, -0.15) is 13.2 Å². The normalized spacial score (nSPS) is 13.5. The quantitative estimate of drug-likeness (QED) is 0.403. The number of aliphatic imine (C=N–C) groups is 1. The minimum atomic E-state index is -4.39. The molecule has 0 aromatic rings. The lowest BCUT2D eigenvalue weighted by molar-refractivity contribution is -0.157. The predicted molar refractivity (Wildman–Crippen MR) is 87.9 cm³/mol. The number of hydrogen-bond acceptors (Lipinski definition) is 2. The van der Waals surface area contributed by atoms with Crippen LogP contribution in [0.5, 0.6) is 0 Å². The second-order valence-corrected chi connectivity index (χ2v) is 4.97. The summed E-state index contributed by atoms with van der Waals surface area (Å²) < 4.78 is 36.4. The summed E-state index contributed by atoms with van der Waals surface area (Å²) in [6.45, 7) is 4.49. The molecule has 0 radical (unpaired) electrons. The summed E-state index contributed by atoms with van der Waals surface area (Å²) in [6.07, 6.45) is -4.39. The van der Waals surface area contributed by atoms with E-state index in [1.54, 1.807) is 0 Å². The first-order valence-corrected chi connectivity index (χ1v) is 6.34. The van der Waals surface area contributed by atoms with Crippen molar-refractivity contribution >= 4 is 35.8 Å². The van der Waals surface area contributed by atoms with Gasteiger partial charge in [0.15, 0.2) is 5.96 Å². The Hall–Kier alpha value is -0.740. The van der Waals surface area contributed by atoms with Gasteiger partial charge in [-0.1, -0.05) is 13.8 Å². The Balaban J connectivity index is 0. The van der Waals surface area contributed by atoms with Crippen LogP contribution < -0.4 is 10.6 Å². The Labute approximate surface area is 140 Å². The molecule has 9 heteroatoms. The maximum atomic E-state index is 12.1. The number of nitrogens with zero attached hydrogens (tertiary/aromatic N) is 2. The molecule has 1 amide bonds. The van der Waals surface area contributed by atoms with Gasteiger partial charge in [-0.25, -0.2) is 0 Å². The summed E-state index contributed by atoms with van der Waals surface area (Å²) in [5.74, 6) is 0.0968. The van der Waals surface area contributed by atoms with E-state index in [4.69, 9.17) is 0 Å². The molecule has 0 spiro atoms. The Kier molecular flexibility index (Phi) is 10.8. The van der Waals surface area contributed by atoms with Gasteiger partial charge in [0.05, 0.1) is 6.54 Å². The summed E-state index contributed by atoms with van der Waals surface area (Å²) in [4.78, 5) is 16.1. The number of carbonyl (C=O) groups is 1. The van der Waals surface area contributed by atoms with Gasteiger partial charge in [-0.15, -0.1) is 24.0 Å². The third-order valence-electron chi connectivity index (χ3n) is 2.84. The van der Waals surface area contributed by atoms with E-state index in [-0.39, 0.29) is 36.6 Å². The molecule has 0 saturated heterocycles. The predicted octanol–water partition coefficient (Wildman–Crippen LogP) is 1.83. The van der Waals surface area contributed by atoms with E-state index in [1.807, 2.05) is 20.8 Å². The van der Waals surface area contributed by atoms with Gasteiger partial charge in [0.1, 0.15) is 6.54 Å². The molecule has 0 rings (SSSR count). The highest BCUT2D eigenvalue weighted by atomic mass is 127. The number of nitrogens with one attached hydrogen (secondary N) is 2. The number of rotatable bonds is 5. The molecule has 0 fully saturated rings. The number of alkyl halides is 3. The number of guanidine groups is 1. The fraction of sp³-hybridized carbons (Fsp3) is 0.833. The molecule has 0 bridgehead atoms. The fourth-order valence-corrected chi connectivity index (χ4v) is 1.23. The molecule has 0 aliphatic heterocycles. The zero-order chi connectivity index (χ0) is 15.9. The van der Waals surface area contributed by atoms with Crippen molar-refractivity contribution in [2.75, 3.05) is 27.2 Å². The highest BCUT2D eigenvalue weighted by Gasteiger charge is 2.31. The third kappa shape index (κ3) is 10.6. The lowest BCUT2D eigenvalue weighted by atomic mass is 10.1. The van der Waals surface area contributed by atoms with E-state index in [2.05, 4.69) is 15.6 Å². The van der Waals surface area contributed by atoms with Crippen LogP contribution in [-0.2, 0) is 4.79 Å². The molecule has 21 heavy (non-hydrogen) atoms. The fourth-order valence-electron chi connectivity index (χ4n) is 1.23. The van der Waals surface area contributed by atoms with Crippen LogP contribution in [0.2, 0.25) is 0 Å². The zero-order valence-corrected chi connectivity index (χ0v) is 15.2. The van der Waals surface area contributed by atoms with E-state index in [0.717, 1.165) is 7.05 Å². The smallest absolute Gasteiger partial charge is 0.354 e. The lowest BCUT2D eigenvalue weighted by Crippen LogP contribution is -2.48. The molecule has 0 aliphatic carbocycles. The lowest BCUT2D eigenvalue weighted by Gasteiger charge is -2.22. The molecule has 0 aliphatic rings. The number of hydrogen-bond donors (Lipinski definition) is 2. The number of amides is 1. The van der Waals surface area contributed by atoms with Crippen molar-refractivity contribution < 1.29 is 18.0 Å². The first kappa shape index (κ1) is 22.5. The molecule has 0 heterocycles. The average molecular weight is 424 g/mol. The molecule has 5 nitrogen and oxygen atoms in total. The number of halogens is 4. The van der Waals surface area contributed by atoms with E-state index in [1.165, 1.54) is 7.05 Å². The van der Waals surface area contributed by atoms with E-state index in [9.17, 15) is 18.0 Å². The Bertz CT molecular complexity index is 348. The molecule has 0 saturated carbocycles. The Morgan fingerprint density at radius 3 is 2.19 bits per heavy atom. The van der Waals surface area contributed by atoms with Crippen molar-refractivity contribution in [3.8, 4) is 0 Å². The maximum absolute atomic E-state index is 12.1. The molecule has 1 unspecified atom stereocenters. The van der Waals surface area contributed by atoms with Gasteiger partial charge in [0, 0.05) is 20.1 Å². The topological polar surface area (TPSA) is 56.7 Å². The summed E-state index contributed by atoms with van der Waals surface area (Å²) in [5.41, 5.74) is 0. The molecular weight excluding hydrogens is 400 g/mol. The SMILES string of the molecule is CN=C(NCC(=O)N(C)CC(F)(F)F)NC(C)C(C)C.I. The van der Waals surface area contributed by atoms with Gasteiger partial charge in [0.2, 0.25) is 5.91 Å². The van der Waals surface area contributed by atoms with Crippen LogP contribution in [0.25, 0.3) is 0 Å². The summed E-state index contributed by atoms with van der Waals surface area (Å²) in [6, 6.07) is 0.129. The first-order valence-electron chi connectivity index (χ1n) is 6.34. The molecule has 2 N–H and O–H groups in total. The third-order valence-corrected chi connectivity index (χ3v) is 2.84. The van der Waals surface area contributed by atoms with Crippen molar-refractivity contribution in [3.05, 3.63) is 0 Å². The minimum Gasteiger partial charge on any atom is -0.354 e. The van der Waals surface area contributed by atoms with Crippen molar-refractivity contribution in [1.82, 2.24) is 15.5 Å². The number of carbonyl (C=O) groups excluding carboxylic acids is 1. The molecule has 1 atom stereocenters. The second kappa shape index (κ2) is 10.1. The molecular formula is C12H24F3IN4O. The highest BCUT2D eigenvalue weighted by molar-refractivity contribution is 14.0. The maximum Gasteiger partial charge on any atom is 0.406 e. The van der Waals surface area contributed by atoms with Gasteiger partial charge in [0.25, 0.3) is 0 Å². The summed E-state index contributed by atoms with van der Waals surface area (Å²) in [5, 5.41) is 5.76. The van der Waals surface area contributed by atoms with Crippen LogP contribution in [-0.4, -0.2) is 56.2 Å². The Morgan fingerprint density at radius 2 is 1.81 bits per heavy atom. The Morgan fingerprint density at radius 1 is 1.29 bits per heavy atom. The van der Waals surface area contributed by atoms with Crippen LogP contribution in [0, 0.1) is 5.92 Å². The van der Waals surface area contributed by atoms with E-state index in [0.29, 0.717) is 16.8 Å². The van der Waals surface area contributed by atoms with Gasteiger partial charge < -0.3 is 15.5 Å². The molecule has 0 aromatic heterocycles. The van der Waals surface area contributed by atoms with Crippen LogP contribution in [0.4, 0.5) is 13.2 Å². The molecule has 126 valence electrons. The van der Waals surface area contributed by atoms with Gasteiger partial charge in [-0.3, -0.25) is 9.79 Å². The van der Waals surface area contributed by atoms with Crippen molar-refractivity contribution in [2.45, 2.75) is 33.0 Å². The van der Waals surface area contributed by atoms with Crippen LogP contribution in [0.15, 0.2) is 4.99 Å².